The average Bonchev–Trinajstić information content (AvgIpc) is 2.66. The largest absolute Gasteiger partial charge is 0.390 e. The molecule has 0 aliphatic carbocycles. The van der Waals surface area contributed by atoms with Crippen molar-refractivity contribution in [3.05, 3.63) is 63.7 Å². The fraction of sp³-hybridized carbons (Fsp3) is 0.318. The van der Waals surface area contributed by atoms with Crippen molar-refractivity contribution in [2.45, 2.75) is 38.8 Å². The molecule has 1 heterocycles. The van der Waals surface area contributed by atoms with E-state index >= 15 is 0 Å². The molecule has 0 radical (unpaired) electrons. The van der Waals surface area contributed by atoms with Crippen molar-refractivity contribution in [1.82, 2.24) is 14.9 Å². The maximum Gasteiger partial charge on any atom is 0.319 e. The van der Waals surface area contributed by atoms with Crippen LogP contribution in [0.4, 0.5) is 10.5 Å². The van der Waals surface area contributed by atoms with Crippen molar-refractivity contribution in [3.8, 4) is 5.69 Å². The van der Waals surface area contributed by atoms with Gasteiger partial charge in [-0.3, -0.25) is 9.36 Å². The highest BCUT2D eigenvalue weighted by Gasteiger charge is 2.18. The molecule has 0 aliphatic heterocycles. The Balaban J connectivity index is 1.96. The Bertz CT molecular complexity index is 1170. The van der Waals surface area contributed by atoms with E-state index in [0.717, 1.165) is 0 Å². The van der Waals surface area contributed by atoms with Crippen LogP contribution in [0.1, 0.15) is 39.1 Å². The van der Waals surface area contributed by atoms with Gasteiger partial charge < -0.3 is 21.5 Å². The minimum Gasteiger partial charge on any atom is -0.390 e. The van der Waals surface area contributed by atoms with Gasteiger partial charge in [-0.05, 0) is 57.5 Å². The number of aliphatic hydroxyl groups is 1. The number of anilines is 1. The minimum absolute atomic E-state index is 0.302. The third kappa shape index (κ3) is 5.41. The summed E-state index contributed by atoms with van der Waals surface area (Å²) in [5.41, 5.74) is 6.36. The molecule has 0 spiro atoms. The normalized spacial score (nSPS) is 12.6. The first-order valence-electron chi connectivity index (χ1n) is 9.91. The number of nitrogens with two attached hydrogens (primary N) is 1. The average molecular weight is 444 g/mol. The number of hydrogen-bond acceptors (Lipinski definition) is 5. The van der Waals surface area contributed by atoms with Gasteiger partial charge in [0.1, 0.15) is 5.82 Å². The molecule has 1 atom stereocenters. The van der Waals surface area contributed by atoms with Crippen LogP contribution in [0.15, 0.2) is 47.3 Å². The summed E-state index contributed by atoms with van der Waals surface area (Å²) in [6.07, 6.45) is 0.414. The van der Waals surface area contributed by atoms with Gasteiger partial charge >= 0.3 is 6.03 Å². The topological polar surface area (TPSA) is 122 Å². The molecule has 2 aromatic carbocycles. The number of halogens is 1. The van der Waals surface area contributed by atoms with Crippen LogP contribution < -0.4 is 21.9 Å². The lowest BCUT2D eigenvalue weighted by Gasteiger charge is -2.18. The van der Waals surface area contributed by atoms with Crippen molar-refractivity contribution in [2.24, 2.45) is 5.73 Å². The van der Waals surface area contributed by atoms with E-state index in [0.29, 0.717) is 46.1 Å². The molecule has 3 aromatic rings. The zero-order valence-electron chi connectivity index (χ0n) is 17.6. The second kappa shape index (κ2) is 9.05. The Morgan fingerprint density at radius 3 is 2.68 bits per heavy atom. The van der Waals surface area contributed by atoms with E-state index in [1.165, 1.54) is 4.57 Å². The molecule has 3 rings (SSSR count). The number of fused-ring (bicyclic) bond motifs is 1. The van der Waals surface area contributed by atoms with Crippen LogP contribution in [-0.2, 0) is 0 Å². The number of urea groups is 1. The Hall–Kier alpha value is -2.94. The number of rotatable bonds is 6. The molecule has 8 nitrogen and oxygen atoms in total. The Morgan fingerprint density at radius 2 is 2.00 bits per heavy atom. The highest BCUT2D eigenvalue weighted by Crippen LogP contribution is 2.23. The monoisotopic (exact) mass is 443 g/mol. The molecule has 164 valence electrons. The van der Waals surface area contributed by atoms with E-state index in [1.54, 1.807) is 63.2 Å². The number of carbonyl (C=O) groups is 1. The third-order valence-electron chi connectivity index (χ3n) is 4.66. The number of nitrogens with zero attached hydrogens (tertiary/aromatic N) is 2. The molecular weight excluding hydrogens is 418 g/mol. The first-order valence-corrected chi connectivity index (χ1v) is 10.3. The van der Waals surface area contributed by atoms with Gasteiger partial charge in [0, 0.05) is 12.2 Å². The molecule has 0 unspecified atom stereocenters. The number of benzene rings is 2. The lowest BCUT2D eigenvalue weighted by atomic mass is 10.1. The lowest BCUT2D eigenvalue weighted by Crippen LogP contribution is -2.33. The standard InChI is InChI=1S/C22H26ClN5O3/c1-13(24)19-27-17-9-5-8-16(23)18(17)20(29)28(19)15-7-4-6-14(12-15)26-21(30)25-11-10-22(2,3)31/h4-9,12-13,31H,10-11,24H2,1-3H3,(H2,25,26,30)/t13-/m0/s1. The Morgan fingerprint density at radius 1 is 1.29 bits per heavy atom. The van der Waals surface area contributed by atoms with E-state index in [-0.39, 0.29) is 5.56 Å². The fourth-order valence-corrected chi connectivity index (χ4v) is 3.39. The van der Waals surface area contributed by atoms with Gasteiger partial charge in [-0.2, -0.15) is 0 Å². The summed E-state index contributed by atoms with van der Waals surface area (Å²) in [5.74, 6) is 0.381. The maximum atomic E-state index is 13.3. The SMILES string of the molecule is C[C@H](N)c1nc2cccc(Cl)c2c(=O)n1-c1cccc(NC(=O)NCCC(C)(C)O)c1. The van der Waals surface area contributed by atoms with Crippen molar-refractivity contribution in [2.75, 3.05) is 11.9 Å². The molecule has 0 aliphatic rings. The Labute approximate surface area is 185 Å². The van der Waals surface area contributed by atoms with Crippen molar-refractivity contribution in [1.29, 1.82) is 0 Å². The highest BCUT2D eigenvalue weighted by molar-refractivity contribution is 6.35. The zero-order valence-corrected chi connectivity index (χ0v) is 18.4. The molecule has 0 saturated carbocycles. The molecule has 31 heavy (non-hydrogen) atoms. The maximum absolute atomic E-state index is 13.3. The van der Waals surface area contributed by atoms with E-state index in [1.807, 2.05) is 0 Å². The zero-order chi connectivity index (χ0) is 22.8. The molecule has 2 amide bonds. The number of hydrogen-bond donors (Lipinski definition) is 4. The smallest absolute Gasteiger partial charge is 0.319 e. The van der Waals surface area contributed by atoms with Gasteiger partial charge in [-0.25, -0.2) is 9.78 Å². The van der Waals surface area contributed by atoms with Gasteiger partial charge in [0.15, 0.2) is 0 Å². The van der Waals surface area contributed by atoms with Crippen molar-refractivity contribution >= 4 is 34.2 Å². The first-order chi connectivity index (χ1) is 14.6. The molecule has 1 aromatic heterocycles. The van der Waals surface area contributed by atoms with Crippen LogP contribution in [-0.4, -0.2) is 32.8 Å². The van der Waals surface area contributed by atoms with Gasteiger partial charge in [0.2, 0.25) is 0 Å². The van der Waals surface area contributed by atoms with Crippen molar-refractivity contribution in [3.63, 3.8) is 0 Å². The summed E-state index contributed by atoms with van der Waals surface area (Å²) >= 11 is 6.27. The third-order valence-corrected chi connectivity index (χ3v) is 4.98. The predicted molar refractivity (Wildman–Crippen MR) is 123 cm³/mol. The van der Waals surface area contributed by atoms with Crippen LogP contribution >= 0.6 is 11.6 Å². The summed E-state index contributed by atoms with van der Waals surface area (Å²) in [6.45, 7) is 5.41. The summed E-state index contributed by atoms with van der Waals surface area (Å²) in [6, 6.07) is 11.0. The molecule has 0 fully saturated rings. The van der Waals surface area contributed by atoms with E-state index < -0.39 is 17.7 Å². The molecule has 0 saturated heterocycles. The quantitative estimate of drug-likeness (QED) is 0.465. The van der Waals surface area contributed by atoms with Gasteiger partial charge in [-0.15, -0.1) is 0 Å². The summed E-state index contributed by atoms with van der Waals surface area (Å²) < 4.78 is 1.41. The molecule has 5 N–H and O–H groups in total. The summed E-state index contributed by atoms with van der Waals surface area (Å²) in [7, 11) is 0. The number of nitrogens with one attached hydrogen (secondary N) is 2. The van der Waals surface area contributed by atoms with E-state index in [2.05, 4.69) is 15.6 Å². The van der Waals surface area contributed by atoms with Crippen molar-refractivity contribution < 1.29 is 9.90 Å². The second-order valence-corrected chi connectivity index (χ2v) is 8.43. The van der Waals surface area contributed by atoms with Gasteiger partial charge in [-0.1, -0.05) is 23.7 Å². The Kier molecular flexibility index (Phi) is 6.64. The molecule has 0 bridgehead atoms. The van der Waals surface area contributed by atoms with Crippen LogP contribution in [0.25, 0.3) is 16.6 Å². The second-order valence-electron chi connectivity index (χ2n) is 8.03. The fourth-order valence-electron chi connectivity index (χ4n) is 3.14. The number of carbonyl (C=O) groups excluding carboxylic acids is 1. The minimum atomic E-state index is -0.867. The van der Waals surface area contributed by atoms with Gasteiger partial charge in [0.05, 0.1) is 33.3 Å². The van der Waals surface area contributed by atoms with Crippen LogP contribution in [0.2, 0.25) is 5.02 Å². The summed E-state index contributed by atoms with van der Waals surface area (Å²) in [4.78, 5) is 30.0. The lowest BCUT2D eigenvalue weighted by molar-refractivity contribution is 0.0721. The van der Waals surface area contributed by atoms with Crippen LogP contribution in [0.5, 0.6) is 0 Å². The number of aromatic nitrogens is 2. The number of amides is 2. The highest BCUT2D eigenvalue weighted by atomic mass is 35.5. The van der Waals surface area contributed by atoms with E-state index in [9.17, 15) is 14.7 Å². The van der Waals surface area contributed by atoms with E-state index in [4.69, 9.17) is 17.3 Å². The first kappa shape index (κ1) is 22.7. The molecule has 9 heteroatoms. The summed E-state index contributed by atoms with van der Waals surface area (Å²) in [5, 5.41) is 15.8. The van der Waals surface area contributed by atoms with Gasteiger partial charge in [0.25, 0.3) is 5.56 Å². The van der Waals surface area contributed by atoms with Crippen LogP contribution in [0, 0.1) is 0 Å². The molecular formula is C22H26ClN5O3. The van der Waals surface area contributed by atoms with Crippen LogP contribution in [0.3, 0.4) is 0 Å². The predicted octanol–water partition coefficient (Wildman–Crippen LogP) is 3.34.